The molecular weight excluding hydrogens is 222 g/mol. The molecule has 0 unspecified atom stereocenters. The van der Waals surface area contributed by atoms with E-state index >= 15 is 0 Å². The third kappa shape index (κ3) is 2.23. The number of carbonyl (C=O) groups is 3. The smallest absolute Gasteiger partial charge is 0.305 e. The van der Waals surface area contributed by atoms with Crippen molar-refractivity contribution >= 4 is 17.8 Å². The summed E-state index contributed by atoms with van der Waals surface area (Å²) in [6.07, 6.45) is 4.79. The van der Waals surface area contributed by atoms with Crippen molar-refractivity contribution in [1.82, 2.24) is 4.90 Å². The fraction of sp³-hybridized carbons (Fsp3) is 0.583. The van der Waals surface area contributed by atoms with Crippen LogP contribution in [0.4, 0.5) is 0 Å². The Kier molecular flexibility index (Phi) is 3.26. The summed E-state index contributed by atoms with van der Waals surface area (Å²) in [4.78, 5) is 35.6. The van der Waals surface area contributed by atoms with Crippen LogP contribution in [0, 0.1) is 0 Å². The summed E-state index contributed by atoms with van der Waals surface area (Å²) in [7, 11) is 0. The van der Waals surface area contributed by atoms with Crippen molar-refractivity contribution in [3.8, 4) is 0 Å². The number of ether oxygens (including phenoxy) is 1. The van der Waals surface area contributed by atoms with Crippen LogP contribution in [0.2, 0.25) is 0 Å². The number of rotatable bonds is 3. The summed E-state index contributed by atoms with van der Waals surface area (Å²) in [6, 6.07) is -0.291. The van der Waals surface area contributed by atoms with Gasteiger partial charge in [0.1, 0.15) is 6.10 Å². The van der Waals surface area contributed by atoms with Crippen LogP contribution in [0.25, 0.3) is 0 Å². The molecule has 1 fully saturated rings. The molecule has 1 aliphatic heterocycles. The molecule has 2 amide bonds. The van der Waals surface area contributed by atoms with Gasteiger partial charge in [0.15, 0.2) is 0 Å². The number of esters is 1. The van der Waals surface area contributed by atoms with Crippen LogP contribution in [0.1, 0.15) is 32.6 Å². The Hall–Kier alpha value is -1.65. The molecule has 1 saturated carbocycles. The first kappa shape index (κ1) is 11.8. The third-order valence-electron chi connectivity index (χ3n) is 3.16. The Balaban J connectivity index is 2.07. The molecule has 2 atom stereocenters. The van der Waals surface area contributed by atoms with Crippen LogP contribution >= 0.6 is 0 Å². The molecule has 0 spiro atoms. The zero-order valence-corrected chi connectivity index (χ0v) is 9.72. The number of imide groups is 1. The molecule has 0 aromatic carbocycles. The van der Waals surface area contributed by atoms with Gasteiger partial charge in [-0.3, -0.25) is 19.3 Å². The topological polar surface area (TPSA) is 63.7 Å². The van der Waals surface area contributed by atoms with Gasteiger partial charge in [0.05, 0.1) is 6.04 Å². The summed E-state index contributed by atoms with van der Waals surface area (Å²) in [5.41, 5.74) is 0. The highest BCUT2D eigenvalue weighted by Gasteiger charge is 2.40. The Labute approximate surface area is 99.4 Å². The van der Waals surface area contributed by atoms with Gasteiger partial charge < -0.3 is 4.74 Å². The molecule has 0 radical (unpaired) electrons. The molecule has 0 aromatic heterocycles. The Bertz CT molecular complexity index is 370. The fourth-order valence-electron chi connectivity index (χ4n) is 2.33. The van der Waals surface area contributed by atoms with E-state index in [1.165, 1.54) is 17.1 Å². The van der Waals surface area contributed by atoms with Crippen molar-refractivity contribution in [3.63, 3.8) is 0 Å². The van der Waals surface area contributed by atoms with Crippen molar-refractivity contribution in [3.05, 3.63) is 12.2 Å². The van der Waals surface area contributed by atoms with Crippen molar-refractivity contribution in [2.24, 2.45) is 0 Å². The highest BCUT2D eigenvalue weighted by molar-refractivity contribution is 6.13. The average Bonchev–Trinajstić information content (AvgIpc) is 2.86. The maximum Gasteiger partial charge on any atom is 0.305 e. The molecule has 0 bridgehead atoms. The molecule has 0 N–H and O–H groups in total. The number of hydrogen-bond donors (Lipinski definition) is 0. The molecule has 92 valence electrons. The minimum Gasteiger partial charge on any atom is -0.460 e. The second-order valence-corrected chi connectivity index (χ2v) is 4.26. The van der Waals surface area contributed by atoms with E-state index in [4.69, 9.17) is 4.74 Å². The van der Waals surface area contributed by atoms with Crippen LogP contribution in [0.15, 0.2) is 12.2 Å². The van der Waals surface area contributed by atoms with E-state index in [2.05, 4.69) is 0 Å². The van der Waals surface area contributed by atoms with Gasteiger partial charge in [-0.1, -0.05) is 6.92 Å². The SMILES string of the molecule is CCC(=O)O[C@H]1CCC[C@@H]1N1C(=O)C=CC1=O. The Morgan fingerprint density at radius 2 is 2.00 bits per heavy atom. The van der Waals surface area contributed by atoms with Crippen LogP contribution in [-0.4, -0.2) is 34.8 Å². The van der Waals surface area contributed by atoms with Crippen molar-refractivity contribution in [1.29, 1.82) is 0 Å². The summed E-state index contributed by atoms with van der Waals surface area (Å²) in [5, 5.41) is 0. The lowest BCUT2D eigenvalue weighted by molar-refractivity contribution is -0.156. The lowest BCUT2D eigenvalue weighted by atomic mass is 10.2. The van der Waals surface area contributed by atoms with Crippen LogP contribution in [0.5, 0.6) is 0 Å². The van der Waals surface area contributed by atoms with Crippen LogP contribution < -0.4 is 0 Å². The predicted octanol–water partition coefficient (Wildman–Crippen LogP) is 0.786. The first-order valence-corrected chi connectivity index (χ1v) is 5.88. The molecule has 2 rings (SSSR count). The lowest BCUT2D eigenvalue weighted by Gasteiger charge is -2.27. The lowest BCUT2D eigenvalue weighted by Crippen LogP contribution is -2.45. The molecule has 5 nitrogen and oxygen atoms in total. The molecule has 5 heteroatoms. The van der Waals surface area contributed by atoms with Gasteiger partial charge in [0.25, 0.3) is 11.8 Å². The van der Waals surface area contributed by atoms with E-state index in [9.17, 15) is 14.4 Å². The molecule has 17 heavy (non-hydrogen) atoms. The summed E-state index contributed by atoms with van der Waals surface area (Å²) in [6.45, 7) is 1.72. The van der Waals surface area contributed by atoms with Crippen molar-refractivity contribution < 1.29 is 19.1 Å². The molecule has 0 aromatic rings. The highest BCUT2D eigenvalue weighted by Crippen LogP contribution is 2.29. The molecule has 1 aliphatic carbocycles. The minimum atomic E-state index is -0.338. The molecule has 0 saturated heterocycles. The molecule has 1 heterocycles. The zero-order valence-electron chi connectivity index (χ0n) is 9.72. The molecule has 2 aliphatic rings. The van der Waals surface area contributed by atoms with Crippen LogP contribution in [0.3, 0.4) is 0 Å². The van der Waals surface area contributed by atoms with Gasteiger partial charge in [-0.15, -0.1) is 0 Å². The number of nitrogens with zero attached hydrogens (tertiary/aromatic N) is 1. The van der Waals surface area contributed by atoms with E-state index in [1.807, 2.05) is 0 Å². The average molecular weight is 237 g/mol. The predicted molar refractivity (Wildman–Crippen MR) is 58.8 cm³/mol. The van der Waals surface area contributed by atoms with Crippen molar-refractivity contribution in [2.75, 3.05) is 0 Å². The van der Waals surface area contributed by atoms with E-state index in [0.717, 1.165) is 6.42 Å². The first-order valence-electron chi connectivity index (χ1n) is 5.88. The monoisotopic (exact) mass is 237 g/mol. The maximum absolute atomic E-state index is 11.6. The van der Waals surface area contributed by atoms with E-state index < -0.39 is 0 Å². The molecular formula is C12H15NO4. The van der Waals surface area contributed by atoms with Gasteiger partial charge in [-0.25, -0.2) is 0 Å². The van der Waals surface area contributed by atoms with Gasteiger partial charge in [-0.05, 0) is 19.3 Å². The fourth-order valence-corrected chi connectivity index (χ4v) is 2.33. The Morgan fingerprint density at radius 1 is 1.35 bits per heavy atom. The van der Waals surface area contributed by atoms with Gasteiger partial charge in [-0.2, -0.15) is 0 Å². The summed E-state index contributed by atoms with van der Waals surface area (Å²) in [5.74, 6) is -0.896. The Morgan fingerprint density at radius 3 is 2.59 bits per heavy atom. The number of amides is 2. The van der Waals surface area contributed by atoms with E-state index in [1.54, 1.807) is 6.92 Å². The quantitative estimate of drug-likeness (QED) is 0.537. The highest BCUT2D eigenvalue weighted by atomic mass is 16.5. The van der Waals surface area contributed by atoms with Gasteiger partial charge in [0.2, 0.25) is 0 Å². The number of hydrogen-bond acceptors (Lipinski definition) is 4. The van der Waals surface area contributed by atoms with E-state index in [0.29, 0.717) is 19.3 Å². The normalized spacial score (nSPS) is 27.9. The standard InChI is InChI=1S/C12H15NO4/c1-2-12(16)17-9-5-3-4-8(9)13-10(14)6-7-11(13)15/h6-9H,2-5H2,1H3/t8-,9-/m0/s1. The first-order chi connectivity index (χ1) is 8.13. The van der Waals surface area contributed by atoms with E-state index in [-0.39, 0.29) is 29.9 Å². The van der Waals surface area contributed by atoms with Crippen molar-refractivity contribution in [2.45, 2.75) is 44.8 Å². The third-order valence-corrected chi connectivity index (χ3v) is 3.16. The number of carbonyl (C=O) groups excluding carboxylic acids is 3. The van der Waals surface area contributed by atoms with Crippen LogP contribution in [-0.2, 0) is 19.1 Å². The second-order valence-electron chi connectivity index (χ2n) is 4.26. The van der Waals surface area contributed by atoms with Gasteiger partial charge in [0, 0.05) is 18.6 Å². The second kappa shape index (κ2) is 4.69. The minimum absolute atomic E-state index is 0.283. The zero-order chi connectivity index (χ0) is 12.4. The maximum atomic E-state index is 11.6. The largest absolute Gasteiger partial charge is 0.460 e. The summed E-state index contributed by atoms with van der Waals surface area (Å²) >= 11 is 0. The summed E-state index contributed by atoms with van der Waals surface area (Å²) < 4.78 is 5.27. The van der Waals surface area contributed by atoms with Gasteiger partial charge >= 0.3 is 5.97 Å².